The van der Waals surface area contributed by atoms with Gasteiger partial charge in [0.2, 0.25) is 0 Å². The Bertz CT molecular complexity index is 1220. The van der Waals surface area contributed by atoms with Gasteiger partial charge in [-0.3, -0.25) is 14.8 Å². The SMILES string of the molecule is Cc1cc(C)cc(NS(=O)(=O)c2ccc(NC(=S)NC(=O)c3ccccc3Cl)cc2)c1. The number of nitrogens with one attached hydrogen (secondary N) is 3. The molecule has 160 valence electrons. The Morgan fingerprint density at radius 2 is 1.52 bits per heavy atom. The lowest BCUT2D eigenvalue weighted by Crippen LogP contribution is -2.34. The molecule has 9 heteroatoms. The van der Waals surface area contributed by atoms with Crippen LogP contribution in [-0.2, 0) is 10.0 Å². The molecule has 0 unspecified atom stereocenters. The molecule has 1 amide bonds. The van der Waals surface area contributed by atoms with Gasteiger partial charge < -0.3 is 5.32 Å². The summed E-state index contributed by atoms with van der Waals surface area (Å²) in [4.78, 5) is 12.4. The van der Waals surface area contributed by atoms with Gasteiger partial charge in [-0.25, -0.2) is 8.42 Å². The Hall–Kier alpha value is -2.94. The molecule has 3 aromatic rings. The van der Waals surface area contributed by atoms with E-state index < -0.39 is 15.9 Å². The monoisotopic (exact) mass is 473 g/mol. The molecule has 0 saturated heterocycles. The maximum absolute atomic E-state index is 12.7. The molecule has 3 aromatic carbocycles. The number of benzene rings is 3. The molecular weight excluding hydrogens is 454 g/mol. The minimum Gasteiger partial charge on any atom is -0.332 e. The van der Waals surface area contributed by atoms with Crippen molar-refractivity contribution in [3.63, 3.8) is 0 Å². The lowest BCUT2D eigenvalue weighted by atomic mass is 10.1. The fourth-order valence-corrected chi connectivity index (χ4v) is 4.42. The molecule has 0 atom stereocenters. The first kappa shape index (κ1) is 22.7. The highest BCUT2D eigenvalue weighted by molar-refractivity contribution is 7.92. The molecule has 31 heavy (non-hydrogen) atoms. The van der Waals surface area contributed by atoms with Crippen LogP contribution in [0.25, 0.3) is 0 Å². The number of sulfonamides is 1. The number of amides is 1. The molecule has 3 rings (SSSR count). The maximum atomic E-state index is 12.7. The van der Waals surface area contributed by atoms with Gasteiger partial charge in [-0.2, -0.15) is 0 Å². The predicted molar refractivity (Wildman–Crippen MR) is 128 cm³/mol. The van der Waals surface area contributed by atoms with Crippen LogP contribution in [0.2, 0.25) is 5.02 Å². The average molecular weight is 474 g/mol. The van der Waals surface area contributed by atoms with Gasteiger partial charge in [0, 0.05) is 11.4 Å². The fourth-order valence-electron chi connectivity index (χ4n) is 2.94. The van der Waals surface area contributed by atoms with E-state index in [1.54, 1.807) is 48.5 Å². The van der Waals surface area contributed by atoms with E-state index in [1.807, 2.05) is 19.9 Å². The van der Waals surface area contributed by atoms with Crippen molar-refractivity contribution in [2.75, 3.05) is 10.0 Å². The van der Waals surface area contributed by atoms with Crippen molar-refractivity contribution >= 4 is 56.2 Å². The molecule has 0 spiro atoms. The van der Waals surface area contributed by atoms with Crippen molar-refractivity contribution in [3.8, 4) is 0 Å². The van der Waals surface area contributed by atoms with Crippen LogP contribution in [0.5, 0.6) is 0 Å². The highest BCUT2D eigenvalue weighted by Crippen LogP contribution is 2.20. The molecule has 0 radical (unpaired) electrons. The zero-order valence-electron chi connectivity index (χ0n) is 16.8. The van der Waals surface area contributed by atoms with E-state index in [4.69, 9.17) is 23.8 Å². The molecular formula is C22H20ClN3O3S2. The largest absolute Gasteiger partial charge is 0.332 e. The third-order valence-corrected chi connectivity index (χ3v) is 6.17. The quantitative estimate of drug-likeness (QED) is 0.459. The maximum Gasteiger partial charge on any atom is 0.261 e. The molecule has 0 bridgehead atoms. The summed E-state index contributed by atoms with van der Waals surface area (Å²) < 4.78 is 27.9. The van der Waals surface area contributed by atoms with Crippen molar-refractivity contribution in [3.05, 3.63) is 88.4 Å². The minimum atomic E-state index is -3.75. The summed E-state index contributed by atoms with van der Waals surface area (Å²) in [5.74, 6) is -0.444. The number of rotatable bonds is 5. The normalized spacial score (nSPS) is 10.9. The Labute approximate surface area is 191 Å². The Balaban J connectivity index is 1.66. The van der Waals surface area contributed by atoms with E-state index in [0.29, 0.717) is 22.0 Å². The smallest absolute Gasteiger partial charge is 0.261 e. The van der Waals surface area contributed by atoms with Gasteiger partial charge in [-0.05, 0) is 85.7 Å². The first-order chi connectivity index (χ1) is 14.6. The van der Waals surface area contributed by atoms with Crippen molar-refractivity contribution in [1.29, 1.82) is 0 Å². The molecule has 0 aliphatic carbocycles. The second kappa shape index (κ2) is 9.47. The summed E-state index contributed by atoms with van der Waals surface area (Å²) in [6.45, 7) is 3.80. The second-order valence-corrected chi connectivity index (χ2v) is 9.39. The Kier molecular flexibility index (Phi) is 6.94. The van der Waals surface area contributed by atoms with Crippen molar-refractivity contribution in [2.24, 2.45) is 0 Å². The number of anilines is 2. The topological polar surface area (TPSA) is 87.3 Å². The summed E-state index contributed by atoms with van der Waals surface area (Å²) in [7, 11) is -3.75. The molecule has 0 fully saturated rings. The van der Waals surface area contributed by atoms with Crippen LogP contribution in [0.3, 0.4) is 0 Å². The summed E-state index contributed by atoms with van der Waals surface area (Å²) in [5.41, 5.74) is 3.25. The van der Waals surface area contributed by atoms with Crippen LogP contribution < -0.4 is 15.4 Å². The molecule has 0 aliphatic rings. The van der Waals surface area contributed by atoms with E-state index in [0.717, 1.165) is 11.1 Å². The summed E-state index contributed by atoms with van der Waals surface area (Å²) in [5, 5.41) is 5.76. The first-order valence-electron chi connectivity index (χ1n) is 9.22. The number of aryl methyl sites for hydroxylation is 2. The number of halogens is 1. The number of carbonyl (C=O) groups is 1. The van der Waals surface area contributed by atoms with Crippen molar-refractivity contribution in [1.82, 2.24) is 5.32 Å². The van der Waals surface area contributed by atoms with Gasteiger partial charge in [0.25, 0.3) is 15.9 Å². The van der Waals surface area contributed by atoms with Crippen LogP contribution >= 0.6 is 23.8 Å². The van der Waals surface area contributed by atoms with E-state index >= 15 is 0 Å². The van der Waals surface area contributed by atoms with Crippen LogP contribution in [0.4, 0.5) is 11.4 Å². The summed E-state index contributed by atoms with van der Waals surface area (Å²) >= 11 is 11.2. The molecule has 6 nitrogen and oxygen atoms in total. The molecule has 3 N–H and O–H groups in total. The van der Waals surface area contributed by atoms with Crippen LogP contribution in [0, 0.1) is 13.8 Å². The van der Waals surface area contributed by atoms with Gasteiger partial charge >= 0.3 is 0 Å². The Morgan fingerprint density at radius 1 is 0.903 bits per heavy atom. The summed E-state index contributed by atoms with van der Waals surface area (Å²) in [6, 6.07) is 18.1. The zero-order valence-corrected chi connectivity index (χ0v) is 19.2. The van der Waals surface area contributed by atoms with Gasteiger partial charge in [-0.15, -0.1) is 0 Å². The van der Waals surface area contributed by atoms with E-state index in [1.165, 1.54) is 12.1 Å². The van der Waals surface area contributed by atoms with Crippen LogP contribution in [0.1, 0.15) is 21.5 Å². The van der Waals surface area contributed by atoms with E-state index in [2.05, 4.69) is 15.4 Å². The fraction of sp³-hybridized carbons (Fsp3) is 0.0909. The number of carbonyl (C=O) groups excluding carboxylic acids is 1. The zero-order chi connectivity index (χ0) is 22.6. The highest BCUT2D eigenvalue weighted by atomic mass is 35.5. The minimum absolute atomic E-state index is 0.0638. The highest BCUT2D eigenvalue weighted by Gasteiger charge is 2.15. The van der Waals surface area contributed by atoms with Crippen molar-refractivity contribution < 1.29 is 13.2 Å². The lowest BCUT2D eigenvalue weighted by molar-refractivity contribution is 0.0978. The number of thiocarbonyl (C=S) groups is 1. The standard InChI is InChI=1S/C22H20ClN3O3S2/c1-14-11-15(2)13-17(12-14)26-31(28,29)18-9-7-16(8-10-18)24-22(30)25-21(27)19-5-3-4-6-20(19)23/h3-13,26H,1-2H3,(H2,24,25,27,30). The van der Waals surface area contributed by atoms with Crippen LogP contribution in [0.15, 0.2) is 71.6 Å². The van der Waals surface area contributed by atoms with Gasteiger partial charge in [0.15, 0.2) is 5.11 Å². The Morgan fingerprint density at radius 3 is 2.13 bits per heavy atom. The van der Waals surface area contributed by atoms with Gasteiger partial charge in [-0.1, -0.05) is 29.8 Å². The molecule has 0 aromatic heterocycles. The van der Waals surface area contributed by atoms with Crippen molar-refractivity contribution in [2.45, 2.75) is 18.7 Å². The average Bonchev–Trinajstić information content (AvgIpc) is 2.67. The third-order valence-electron chi connectivity index (χ3n) is 4.24. The molecule has 0 heterocycles. The number of hydrogen-bond donors (Lipinski definition) is 3. The van der Waals surface area contributed by atoms with E-state index in [-0.39, 0.29) is 10.0 Å². The third kappa shape index (κ3) is 6.04. The molecule has 0 aliphatic heterocycles. The van der Waals surface area contributed by atoms with Gasteiger partial charge in [0.05, 0.1) is 15.5 Å². The first-order valence-corrected chi connectivity index (χ1v) is 11.5. The second-order valence-electron chi connectivity index (χ2n) is 6.89. The van der Waals surface area contributed by atoms with Gasteiger partial charge in [0.1, 0.15) is 0 Å². The predicted octanol–water partition coefficient (Wildman–Crippen LogP) is 4.88. The number of hydrogen-bond acceptors (Lipinski definition) is 4. The van der Waals surface area contributed by atoms with E-state index in [9.17, 15) is 13.2 Å². The summed E-state index contributed by atoms with van der Waals surface area (Å²) in [6.07, 6.45) is 0. The molecule has 0 saturated carbocycles. The lowest BCUT2D eigenvalue weighted by Gasteiger charge is -2.12. The van der Waals surface area contributed by atoms with Crippen LogP contribution in [-0.4, -0.2) is 19.4 Å².